The fourth-order valence-electron chi connectivity index (χ4n) is 3.07. The van der Waals surface area contributed by atoms with Gasteiger partial charge in [-0.25, -0.2) is 9.78 Å². The maximum atomic E-state index is 13.1. The summed E-state index contributed by atoms with van der Waals surface area (Å²) in [4.78, 5) is 41.6. The molecule has 0 spiro atoms. The van der Waals surface area contributed by atoms with Crippen molar-refractivity contribution in [3.63, 3.8) is 0 Å². The van der Waals surface area contributed by atoms with Gasteiger partial charge in [0.2, 0.25) is 5.91 Å². The summed E-state index contributed by atoms with van der Waals surface area (Å²) in [5.41, 5.74) is 0.262. The number of rotatable bonds is 7. The molecule has 10 heteroatoms. The van der Waals surface area contributed by atoms with Crippen LogP contribution < -0.4 is 16.2 Å². The first-order valence-corrected chi connectivity index (χ1v) is 11.2. The first-order chi connectivity index (χ1) is 14.3. The van der Waals surface area contributed by atoms with Crippen molar-refractivity contribution in [2.75, 3.05) is 18.9 Å². The van der Waals surface area contributed by atoms with E-state index in [1.54, 1.807) is 22.8 Å². The number of nitrogens with zero attached hydrogens (tertiary/aromatic N) is 2. The molecular formula is C20H25ClN4O4S. The Morgan fingerprint density at radius 2 is 2.20 bits per heavy atom. The highest BCUT2D eigenvalue weighted by Crippen LogP contribution is 2.22. The number of amides is 3. The van der Waals surface area contributed by atoms with E-state index in [2.05, 4.69) is 15.6 Å². The van der Waals surface area contributed by atoms with Crippen LogP contribution in [0.5, 0.6) is 0 Å². The Bertz CT molecular complexity index is 989. The molecule has 1 aromatic carbocycles. The first kappa shape index (κ1) is 22.6. The van der Waals surface area contributed by atoms with Gasteiger partial charge in [0.25, 0.3) is 5.56 Å². The fraction of sp³-hybridized carbons (Fsp3) is 0.500. The van der Waals surface area contributed by atoms with E-state index in [1.807, 2.05) is 13.8 Å². The van der Waals surface area contributed by atoms with E-state index in [9.17, 15) is 14.4 Å². The van der Waals surface area contributed by atoms with Gasteiger partial charge in [-0.15, -0.1) is 0 Å². The Hall–Kier alpha value is -2.10. The Labute approximate surface area is 183 Å². The average molecular weight is 453 g/mol. The predicted molar refractivity (Wildman–Crippen MR) is 117 cm³/mol. The lowest BCUT2D eigenvalue weighted by atomic mass is 10.2. The molecule has 0 bridgehead atoms. The number of carbonyl (C=O) groups excluding carboxylic acids is 2. The summed E-state index contributed by atoms with van der Waals surface area (Å²) in [6.07, 6.45) is 1.75. The Balaban J connectivity index is 1.77. The summed E-state index contributed by atoms with van der Waals surface area (Å²) in [5, 5.41) is 6.24. The third-order valence-electron chi connectivity index (χ3n) is 4.55. The van der Waals surface area contributed by atoms with Gasteiger partial charge in [-0.2, -0.15) is 0 Å². The van der Waals surface area contributed by atoms with E-state index >= 15 is 0 Å². The van der Waals surface area contributed by atoms with E-state index in [0.717, 1.165) is 24.6 Å². The molecule has 2 aromatic rings. The van der Waals surface area contributed by atoms with Crippen LogP contribution in [0, 0.1) is 5.92 Å². The molecule has 3 amide bonds. The largest absolute Gasteiger partial charge is 0.376 e. The Morgan fingerprint density at radius 3 is 2.90 bits per heavy atom. The molecule has 1 fully saturated rings. The summed E-state index contributed by atoms with van der Waals surface area (Å²) in [6, 6.07) is 4.39. The molecule has 1 aromatic heterocycles. The number of fused-ring (bicyclic) bond motifs is 1. The van der Waals surface area contributed by atoms with Gasteiger partial charge in [0.15, 0.2) is 5.16 Å². The lowest BCUT2D eigenvalue weighted by Gasteiger charge is -2.16. The van der Waals surface area contributed by atoms with Gasteiger partial charge in [0.05, 0.1) is 29.3 Å². The second kappa shape index (κ2) is 10.3. The van der Waals surface area contributed by atoms with Gasteiger partial charge in [-0.3, -0.25) is 19.5 Å². The zero-order chi connectivity index (χ0) is 21.7. The molecule has 0 saturated carbocycles. The molecule has 8 nitrogen and oxygen atoms in total. The van der Waals surface area contributed by atoms with Crippen molar-refractivity contribution >= 4 is 46.2 Å². The molecule has 3 rings (SSSR count). The Kier molecular flexibility index (Phi) is 7.74. The van der Waals surface area contributed by atoms with Crippen molar-refractivity contribution in [3.05, 3.63) is 33.6 Å². The molecule has 1 saturated heterocycles. The number of nitrogens with one attached hydrogen (secondary N) is 2. The fourth-order valence-corrected chi connectivity index (χ4v) is 4.05. The van der Waals surface area contributed by atoms with Crippen LogP contribution in [0.15, 0.2) is 28.2 Å². The molecule has 0 radical (unpaired) electrons. The molecule has 1 aliphatic heterocycles. The number of ether oxygens (including phenoxy) is 1. The van der Waals surface area contributed by atoms with Crippen LogP contribution >= 0.6 is 23.4 Å². The second-order valence-corrected chi connectivity index (χ2v) is 8.93. The van der Waals surface area contributed by atoms with E-state index in [0.29, 0.717) is 40.8 Å². The number of aromatic nitrogens is 2. The van der Waals surface area contributed by atoms with E-state index < -0.39 is 11.9 Å². The monoisotopic (exact) mass is 452 g/mol. The van der Waals surface area contributed by atoms with Gasteiger partial charge in [0, 0.05) is 18.2 Å². The van der Waals surface area contributed by atoms with Gasteiger partial charge in [-0.05, 0) is 37.0 Å². The Morgan fingerprint density at radius 1 is 1.40 bits per heavy atom. The first-order valence-electron chi connectivity index (χ1n) is 9.85. The summed E-state index contributed by atoms with van der Waals surface area (Å²) in [7, 11) is 0. The van der Waals surface area contributed by atoms with Crippen molar-refractivity contribution in [1.29, 1.82) is 0 Å². The zero-order valence-electron chi connectivity index (χ0n) is 16.9. The smallest absolute Gasteiger partial charge is 0.321 e. The SMILES string of the molecule is CC(C)CNC(=O)NC(=O)CSc1nc2cc(Cl)ccc2c(=O)n1CC1CCCO1. The van der Waals surface area contributed by atoms with Gasteiger partial charge in [0.1, 0.15) is 0 Å². The van der Waals surface area contributed by atoms with E-state index in [4.69, 9.17) is 16.3 Å². The highest BCUT2D eigenvalue weighted by Gasteiger charge is 2.21. The minimum Gasteiger partial charge on any atom is -0.376 e. The summed E-state index contributed by atoms with van der Waals surface area (Å²) in [5.74, 6) is -0.245. The summed E-state index contributed by atoms with van der Waals surface area (Å²) in [6.45, 7) is 5.43. The maximum absolute atomic E-state index is 13.1. The van der Waals surface area contributed by atoms with Gasteiger partial charge < -0.3 is 10.1 Å². The quantitative estimate of drug-likeness (QED) is 0.494. The standard InChI is InChI=1S/C20H25ClN4O4S/c1-12(2)9-22-19(28)24-17(26)11-30-20-23-16-8-13(21)5-6-15(16)18(27)25(20)10-14-4-3-7-29-14/h5-6,8,12,14H,3-4,7,9-11H2,1-2H3,(H2,22,24,26,28). The second-order valence-electron chi connectivity index (χ2n) is 7.55. The summed E-state index contributed by atoms with van der Waals surface area (Å²) < 4.78 is 7.22. The van der Waals surface area contributed by atoms with Crippen LogP contribution in [0.3, 0.4) is 0 Å². The normalized spacial score (nSPS) is 16.2. The minimum atomic E-state index is -0.538. The minimum absolute atomic E-state index is 0.0564. The molecule has 30 heavy (non-hydrogen) atoms. The van der Waals surface area contributed by atoms with Crippen molar-refractivity contribution in [1.82, 2.24) is 20.2 Å². The zero-order valence-corrected chi connectivity index (χ0v) is 18.5. The van der Waals surface area contributed by atoms with Crippen LogP contribution in [0.1, 0.15) is 26.7 Å². The van der Waals surface area contributed by atoms with Crippen molar-refractivity contribution < 1.29 is 14.3 Å². The molecular weight excluding hydrogens is 428 g/mol. The lowest BCUT2D eigenvalue weighted by Crippen LogP contribution is -2.41. The molecule has 1 atom stereocenters. The number of urea groups is 1. The van der Waals surface area contributed by atoms with E-state index in [-0.39, 0.29) is 23.3 Å². The number of hydrogen-bond acceptors (Lipinski definition) is 6. The number of benzene rings is 1. The van der Waals surface area contributed by atoms with Crippen molar-refractivity contribution in [2.24, 2.45) is 5.92 Å². The molecule has 1 aliphatic rings. The predicted octanol–water partition coefficient (Wildman–Crippen LogP) is 2.80. The highest BCUT2D eigenvalue weighted by molar-refractivity contribution is 7.99. The van der Waals surface area contributed by atoms with Crippen LogP contribution in [-0.4, -0.2) is 46.5 Å². The number of thioether (sulfide) groups is 1. The van der Waals surface area contributed by atoms with Crippen LogP contribution in [-0.2, 0) is 16.1 Å². The number of carbonyl (C=O) groups is 2. The highest BCUT2D eigenvalue weighted by atomic mass is 35.5. The third kappa shape index (κ3) is 5.96. The number of imide groups is 1. The number of halogens is 1. The maximum Gasteiger partial charge on any atom is 0.321 e. The lowest BCUT2D eigenvalue weighted by molar-refractivity contribution is -0.117. The summed E-state index contributed by atoms with van der Waals surface area (Å²) >= 11 is 7.15. The van der Waals surface area contributed by atoms with Crippen molar-refractivity contribution in [2.45, 2.75) is 44.5 Å². The molecule has 2 N–H and O–H groups in total. The van der Waals surface area contributed by atoms with Crippen LogP contribution in [0.25, 0.3) is 10.9 Å². The molecule has 2 heterocycles. The molecule has 0 aliphatic carbocycles. The van der Waals surface area contributed by atoms with Crippen molar-refractivity contribution in [3.8, 4) is 0 Å². The van der Waals surface area contributed by atoms with E-state index in [1.165, 1.54) is 0 Å². The third-order valence-corrected chi connectivity index (χ3v) is 5.76. The number of hydrogen-bond donors (Lipinski definition) is 2. The average Bonchev–Trinajstić information content (AvgIpc) is 3.20. The topological polar surface area (TPSA) is 102 Å². The van der Waals surface area contributed by atoms with Gasteiger partial charge >= 0.3 is 6.03 Å². The van der Waals surface area contributed by atoms with Gasteiger partial charge in [-0.1, -0.05) is 37.2 Å². The molecule has 162 valence electrons. The van der Waals surface area contributed by atoms with Crippen LogP contribution in [0.2, 0.25) is 5.02 Å². The molecule has 1 unspecified atom stereocenters. The van der Waals surface area contributed by atoms with Crippen LogP contribution in [0.4, 0.5) is 4.79 Å².